The van der Waals surface area contributed by atoms with Crippen LogP contribution in [0.25, 0.3) is 0 Å². The first-order valence-electron chi connectivity index (χ1n) is 15.3. The van der Waals surface area contributed by atoms with Crippen LogP contribution in [0.4, 0.5) is 20.1 Å². The van der Waals surface area contributed by atoms with E-state index in [1.165, 1.54) is 19.0 Å². The van der Waals surface area contributed by atoms with Crippen LogP contribution in [-0.2, 0) is 25.7 Å². The van der Waals surface area contributed by atoms with Crippen LogP contribution < -0.4 is 32.7 Å². The average molecular weight is 651 g/mol. The van der Waals surface area contributed by atoms with E-state index < -0.39 is 42.1 Å². The molecule has 0 aliphatic carbocycles. The Kier molecular flexibility index (Phi) is 18.2. The molecule has 0 saturated carbocycles. The summed E-state index contributed by atoms with van der Waals surface area (Å²) in [4.78, 5) is 75.5. The Hall–Kier alpha value is -4.60. The molecule has 258 valence electrons. The number of rotatable bonds is 20. The van der Waals surface area contributed by atoms with Crippen molar-refractivity contribution in [2.45, 2.75) is 71.1 Å². The highest BCUT2D eigenvalue weighted by molar-refractivity contribution is 5.98. The molecule has 7 amide bonds. The molecule has 1 aromatic rings. The number of unbranched alkanes of at least 4 members (excludes halogenated alkanes) is 2. The molecule has 16 nitrogen and oxygen atoms in total. The van der Waals surface area contributed by atoms with Gasteiger partial charge in [-0.3, -0.25) is 14.4 Å². The minimum absolute atomic E-state index is 0.0486. The molecular formula is C30H50N8O8. The summed E-state index contributed by atoms with van der Waals surface area (Å²) in [7, 11) is 2.90. The topological polar surface area (TPSA) is 239 Å². The summed E-state index contributed by atoms with van der Waals surface area (Å²) in [5, 5.41) is 19.6. The molecule has 0 spiro atoms. The van der Waals surface area contributed by atoms with E-state index >= 15 is 0 Å². The first kappa shape index (κ1) is 39.4. The molecule has 9 N–H and O–H groups in total. The Morgan fingerprint density at radius 2 is 1.54 bits per heavy atom. The monoisotopic (exact) mass is 650 g/mol. The number of carbonyl (C=O) groups is 6. The van der Waals surface area contributed by atoms with Gasteiger partial charge in [0.25, 0.3) is 0 Å². The summed E-state index contributed by atoms with van der Waals surface area (Å²) in [6.45, 7) is 4.56. The van der Waals surface area contributed by atoms with Gasteiger partial charge in [0.05, 0.1) is 0 Å². The Balaban J connectivity index is 2.82. The Bertz CT molecular complexity index is 1150. The van der Waals surface area contributed by atoms with Crippen LogP contribution in [0.5, 0.6) is 0 Å². The van der Waals surface area contributed by atoms with E-state index in [2.05, 4.69) is 21.3 Å². The number of nitrogens with two attached hydrogens (primary N) is 2. The van der Waals surface area contributed by atoms with Gasteiger partial charge in [0.1, 0.15) is 18.7 Å². The summed E-state index contributed by atoms with van der Waals surface area (Å²) in [6.07, 6.45) is 1.33. The number of carboxylic acid groups (broad SMARTS) is 1. The fraction of sp³-hybridized carbons (Fsp3) is 0.600. The minimum atomic E-state index is -1.10. The number of nitrogens with one attached hydrogen (secondary N) is 4. The van der Waals surface area contributed by atoms with E-state index in [1.807, 2.05) is 0 Å². The van der Waals surface area contributed by atoms with Gasteiger partial charge in [-0.1, -0.05) is 32.4 Å². The van der Waals surface area contributed by atoms with Crippen LogP contribution in [-0.4, -0.2) is 103 Å². The zero-order valence-corrected chi connectivity index (χ0v) is 27.2. The van der Waals surface area contributed by atoms with Crippen molar-refractivity contribution in [3.63, 3.8) is 0 Å². The third-order valence-corrected chi connectivity index (χ3v) is 6.97. The minimum Gasteiger partial charge on any atom is -0.465 e. The van der Waals surface area contributed by atoms with Gasteiger partial charge in [-0.05, 0) is 55.8 Å². The molecule has 0 fully saturated rings. The molecule has 0 aromatic heterocycles. The second-order valence-electron chi connectivity index (χ2n) is 11.2. The summed E-state index contributed by atoms with van der Waals surface area (Å²) in [5.41, 5.74) is 11.7. The van der Waals surface area contributed by atoms with E-state index in [4.69, 9.17) is 21.3 Å². The van der Waals surface area contributed by atoms with Gasteiger partial charge < -0.3 is 52.4 Å². The van der Waals surface area contributed by atoms with Gasteiger partial charge in [0.2, 0.25) is 17.7 Å². The quantitative estimate of drug-likeness (QED) is 0.101. The Labute approximate surface area is 269 Å². The van der Waals surface area contributed by atoms with Crippen molar-refractivity contribution in [3.05, 3.63) is 29.8 Å². The average Bonchev–Trinajstić information content (AvgIpc) is 3.00. The summed E-state index contributed by atoms with van der Waals surface area (Å²) in [6, 6.07) is 3.99. The summed E-state index contributed by atoms with van der Waals surface area (Å²) in [5.74, 6) is -1.53. The fourth-order valence-corrected chi connectivity index (χ4v) is 4.09. The van der Waals surface area contributed by atoms with Crippen molar-refractivity contribution in [1.29, 1.82) is 0 Å². The number of amides is 7. The second-order valence-corrected chi connectivity index (χ2v) is 11.2. The number of hydrogen-bond donors (Lipinski definition) is 7. The van der Waals surface area contributed by atoms with Gasteiger partial charge in [-0.25, -0.2) is 14.4 Å². The number of benzene rings is 1. The van der Waals surface area contributed by atoms with Crippen LogP contribution in [0.2, 0.25) is 0 Å². The normalized spacial score (nSPS) is 12.0. The molecule has 2 unspecified atom stereocenters. The SMILES string of the molecule is CC(C)C(NC(=O)CCCCCN)C(=O)NC(CCCNC(N)=O)C(=O)Nc1ccc(COC(=O)N(C)CCN(C)C(=O)O)cc1. The van der Waals surface area contributed by atoms with E-state index in [0.717, 1.165) is 17.7 Å². The van der Waals surface area contributed by atoms with E-state index in [1.54, 1.807) is 38.1 Å². The lowest BCUT2D eigenvalue weighted by atomic mass is 10.0. The van der Waals surface area contributed by atoms with Gasteiger partial charge in [-0.2, -0.15) is 0 Å². The summed E-state index contributed by atoms with van der Waals surface area (Å²) < 4.78 is 5.27. The molecule has 0 aliphatic rings. The predicted octanol–water partition coefficient (Wildman–Crippen LogP) is 1.40. The standard InChI is InChI=1S/C30H50N8O8/c1-20(2)25(36-24(39)10-6-5-7-15-31)27(41)35-23(9-8-16-33-28(32)42)26(40)34-22-13-11-21(12-14-22)19-46-30(45)38(4)18-17-37(3)29(43)44/h11-14,20,23,25H,5-10,15-19,31H2,1-4H3,(H,34,40)(H,35,41)(H,36,39)(H,43,44)(H3,32,33,42). The highest BCUT2D eigenvalue weighted by Gasteiger charge is 2.28. The van der Waals surface area contributed by atoms with E-state index in [9.17, 15) is 28.8 Å². The lowest BCUT2D eigenvalue weighted by molar-refractivity contribution is -0.132. The molecule has 1 aromatic carbocycles. The third kappa shape index (κ3) is 15.9. The van der Waals surface area contributed by atoms with Crippen molar-refractivity contribution in [1.82, 2.24) is 25.8 Å². The van der Waals surface area contributed by atoms with E-state index in [0.29, 0.717) is 30.6 Å². The van der Waals surface area contributed by atoms with Gasteiger partial charge in [-0.15, -0.1) is 0 Å². The zero-order chi connectivity index (χ0) is 34.6. The van der Waals surface area contributed by atoms with Crippen molar-refractivity contribution >= 4 is 41.6 Å². The van der Waals surface area contributed by atoms with Crippen molar-refractivity contribution in [3.8, 4) is 0 Å². The van der Waals surface area contributed by atoms with Crippen molar-refractivity contribution in [2.24, 2.45) is 17.4 Å². The number of urea groups is 1. The Morgan fingerprint density at radius 3 is 2.13 bits per heavy atom. The number of nitrogens with zero attached hydrogens (tertiary/aromatic N) is 2. The predicted molar refractivity (Wildman–Crippen MR) is 172 cm³/mol. The number of ether oxygens (including phenoxy) is 1. The largest absolute Gasteiger partial charge is 0.465 e. The van der Waals surface area contributed by atoms with Crippen LogP contribution in [0.3, 0.4) is 0 Å². The fourth-order valence-electron chi connectivity index (χ4n) is 4.09. The molecule has 1 rings (SSSR count). The zero-order valence-electron chi connectivity index (χ0n) is 27.2. The molecule has 0 bridgehead atoms. The summed E-state index contributed by atoms with van der Waals surface area (Å²) >= 11 is 0. The number of carbonyl (C=O) groups excluding carboxylic acids is 5. The number of primary amides is 1. The molecule has 2 atom stereocenters. The first-order chi connectivity index (χ1) is 21.7. The van der Waals surface area contributed by atoms with Crippen LogP contribution in [0, 0.1) is 5.92 Å². The smallest absolute Gasteiger partial charge is 0.409 e. The molecule has 16 heteroatoms. The maximum absolute atomic E-state index is 13.3. The van der Waals surface area contributed by atoms with E-state index in [-0.39, 0.29) is 50.9 Å². The second kappa shape index (κ2) is 21.2. The van der Waals surface area contributed by atoms with Crippen LogP contribution >= 0.6 is 0 Å². The van der Waals surface area contributed by atoms with Crippen molar-refractivity contribution in [2.75, 3.05) is 45.6 Å². The maximum Gasteiger partial charge on any atom is 0.409 e. The maximum atomic E-state index is 13.3. The van der Waals surface area contributed by atoms with Gasteiger partial charge in [0.15, 0.2) is 0 Å². The van der Waals surface area contributed by atoms with Gasteiger partial charge >= 0.3 is 18.2 Å². The highest BCUT2D eigenvalue weighted by Crippen LogP contribution is 2.13. The third-order valence-electron chi connectivity index (χ3n) is 6.97. The lowest BCUT2D eigenvalue weighted by Crippen LogP contribution is -2.54. The van der Waals surface area contributed by atoms with Crippen LogP contribution in [0.15, 0.2) is 24.3 Å². The van der Waals surface area contributed by atoms with Crippen LogP contribution in [0.1, 0.15) is 57.9 Å². The Morgan fingerprint density at radius 1 is 0.891 bits per heavy atom. The van der Waals surface area contributed by atoms with Crippen molar-refractivity contribution < 1.29 is 38.6 Å². The lowest BCUT2D eigenvalue weighted by Gasteiger charge is -2.25. The number of hydrogen-bond acceptors (Lipinski definition) is 8. The number of anilines is 1. The molecular weight excluding hydrogens is 600 g/mol. The first-order valence-corrected chi connectivity index (χ1v) is 15.3. The molecule has 0 heterocycles. The number of likely N-dealkylation sites (N-methyl/N-ethyl adjacent to an activating group) is 2. The molecule has 0 saturated heterocycles. The van der Waals surface area contributed by atoms with Gasteiger partial charge in [0, 0.05) is 45.8 Å². The molecule has 0 aliphatic heterocycles. The highest BCUT2D eigenvalue weighted by atomic mass is 16.6. The molecule has 0 radical (unpaired) electrons. The molecule has 46 heavy (non-hydrogen) atoms.